The Morgan fingerprint density at radius 3 is 1.98 bits per heavy atom. The van der Waals surface area contributed by atoms with Crippen molar-refractivity contribution in [2.45, 2.75) is 87.2 Å². The Morgan fingerprint density at radius 2 is 1.36 bits per heavy atom. The van der Waals surface area contributed by atoms with Crippen LogP contribution in [-0.4, -0.2) is 59.6 Å². The van der Waals surface area contributed by atoms with E-state index in [2.05, 4.69) is 54.9 Å². The van der Waals surface area contributed by atoms with Gasteiger partial charge in [-0.05, 0) is 77.1 Å². The van der Waals surface area contributed by atoms with Gasteiger partial charge in [-0.3, -0.25) is 0 Å². The molecule has 1 unspecified atom stereocenters. The molecule has 5 aromatic rings. The zero-order chi connectivity index (χ0) is 39.7. The number of hydrogen-bond acceptors (Lipinski definition) is 9. The highest BCUT2D eigenvalue weighted by molar-refractivity contribution is 9.10. The van der Waals surface area contributed by atoms with E-state index in [9.17, 15) is 14.7 Å². The van der Waals surface area contributed by atoms with E-state index >= 15 is 0 Å². The van der Waals surface area contributed by atoms with Gasteiger partial charge in [0.05, 0.1) is 24.3 Å². The molecule has 0 saturated carbocycles. The second-order valence-corrected chi connectivity index (χ2v) is 16.8. The summed E-state index contributed by atoms with van der Waals surface area (Å²) in [5.74, 6) is -1.16. The van der Waals surface area contributed by atoms with E-state index in [1.807, 2.05) is 73.7 Å². The fraction of sp³-hybridized carbons (Fsp3) is 0.304. The van der Waals surface area contributed by atoms with Crippen molar-refractivity contribution in [2.24, 2.45) is 0 Å². The maximum absolute atomic E-state index is 13.8. The summed E-state index contributed by atoms with van der Waals surface area (Å²) in [4.78, 5) is 28.0. The summed E-state index contributed by atoms with van der Waals surface area (Å²) in [6.45, 7) is 8.49. The first-order chi connectivity index (χ1) is 27.0. The largest absolute Gasteiger partial charge is 0.459 e. The molecule has 292 valence electrons. The van der Waals surface area contributed by atoms with E-state index < -0.39 is 47.9 Å². The Balaban J connectivity index is 1.40. The summed E-state index contributed by atoms with van der Waals surface area (Å²) in [5.41, 5.74) is 3.48. The normalized spacial score (nSPS) is 20.2. The SMILES string of the molecule is Cc1ccc(C(C)(C)C)cc1SC1O[C@H]([C@H](COC(=O)c2ccccc2)OCc2ccccc2)[C@@H](OCc2ccc(Br)cc2)[C@H](OC(=O)c2ccccc2)[C@@H]1O. The molecule has 0 bridgehead atoms. The molecule has 1 aliphatic heterocycles. The van der Waals surface area contributed by atoms with Crippen LogP contribution in [0.4, 0.5) is 0 Å². The third kappa shape index (κ3) is 11.0. The van der Waals surface area contributed by atoms with Crippen LogP contribution in [0.25, 0.3) is 0 Å². The highest BCUT2D eigenvalue weighted by Gasteiger charge is 2.52. The van der Waals surface area contributed by atoms with Crippen LogP contribution in [0.1, 0.15) is 63.7 Å². The van der Waals surface area contributed by atoms with Crippen molar-refractivity contribution in [1.29, 1.82) is 0 Å². The van der Waals surface area contributed by atoms with Crippen molar-refractivity contribution in [2.75, 3.05) is 6.61 Å². The molecule has 5 aromatic carbocycles. The van der Waals surface area contributed by atoms with Gasteiger partial charge in [-0.25, -0.2) is 9.59 Å². The van der Waals surface area contributed by atoms with Gasteiger partial charge in [-0.2, -0.15) is 0 Å². The van der Waals surface area contributed by atoms with Gasteiger partial charge in [0.2, 0.25) is 0 Å². The summed E-state index contributed by atoms with van der Waals surface area (Å²) in [6, 6.07) is 40.9. The van der Waals surface area contributed by atoms with E-state index in [1.54, 1.807) is 48.5 Å². The molecule has 0 radical (unpaired) electrons. The molecule has 1 saturated heterocycles. The summed E-state index contributed by atoms with van der Waals surface area (Å²) in [7, 11) is 0. The fourth-order valence-corrected chi connectivity index (χ4v) is 7.70. The molecular formula is C46H47BrO8S. The predicted octanol–water partition coefficient (Wildman–Crippen LogP) is 9.49. The molecule has 6 rings (SSSR count). The van der Waals surface area contributed by atoms with E-state index in [-0.39, 0.29) is 25.2 Å². The molecule has 0 aromatic heterocycles. The Morgan fingerprint density at radius 1 is 0.768 bits per heavy atom. The fourth-order valence-electron chi connectivity index (χ4n) is 6.26. The zero-order valence-electron chi connectivity index (χ0n) is 31.9. The van der Waals surface area contributed by atoms with E-state index in [0.717, 1.165) is 31.6 Å². The van der Waals surface area contributed by atoms with Crippen LogP contribution < -0.4 is 0 Å². The van der Waals surface area contributed by atoms with Crippen LogP contribution >= 0.6 is 27.7 Å². The Labute approximate surface area is 341 Å². The molecule has 8 nitrogen and oxygen atoms in total. The molecule has 1 aliphatic rings. The van der Waals surface area contributed by atoms with Crippen molar-refractivity contribution in [3.63, 3.8) is 0 Å². The van der Waals surface area contributed by atoms with E-state index in [0.29, 0.717) is 11.1 Å². The molecule has 6 atom stereocenters. The molecule has 1 fully saturated rings. The number of carbonyl (C=O) groups excluding carboxylic acids is 2. The second-order valence-electron chi connectivity index (χ2n) is 14.7. The number of aliphatic hydroxyl groups excluding tert-OH is 1. The standard InChI is InChI=1S/C46H47BrO8S/c1-30-20-23-35(46(2,3)4)26-38(30)56-45-39(48)41(54-44(50)34-18-12-7-13-19-34)42(52-28-32-21-24-36(47)25-22-32)40(55-45)37(51-27-31-14-8-5-9-15-31)29-53-43(49)33-16-10-6-11-17-33/h5-26,37,39-42,45,48H,27-29H2,1-4H3/t37-,39-,40+,41+,42+,45?/m0/s1. The molecule has 56 heavy (non-hydrogen) atoms. The highest BCUT2D eigenvalue weighted by atomic mass is 79.9. The topological polar surface area (TPSA) is 101 Å². The average molecular weight is 840 g/mol. The lowest BCUT2D eigenvalue weighted by molar-refractivity contribution is -0.247. The van der Waals surface area contributed by atoms with Crippen molar-refractivity contribution in [3.8, 4) is 0 Å². The number of carbonyl (C=O) groups is 2. The first kappa shape index (κ1) is 41.3. The molecule has 0 spiro atoms. The number of thioether (sulfide) groups is 1. The minimum absolute atomic E-state index is 0.101. The number of hydrogen-bond donors (Lipinski definition) is 1. The summed E-state index contributed by atoms with van der Waals surface area (Å²) >= 11 is 4.84. The number of ether oxygens (including phenoxy) is 5. The third-order valence-corrected chi connectivity index (χ3v) is 11.4. The van der Waals surface area contributed by atoms with Crippen molar-refractivity contribution in [3.05, 3.63) is 171 Å². The van der Waals surface area contributed by atoms with Gasteiger partial charge in [-0.1, -0.05) is 139 Å². The van der Waals surface area contributed by atoms with Gasteiger partial charge >= 0.3 is 11.9 Å². The van der Waals surface area contributed by atoms with E-state index in [4.69, 9.17) is 23.7 Å². The maximum Gasteiger partial charge on any atom is 0.338 e. The number of aliphatic hydroxyl groups is 1. The van der Waals surface area contributed by atoms with Crippen molar-refractivity contribution < 1.29 is 38.4 Å². The van der Waals surface area contributed by atoms with Crippen LogP contribution in [0, 0.1) is 6.92 Å². The van der Waals surface area contributed by atoms with Gasteiger partial charge in [0.1, 0.15) is 36.5 Å². The Hall–Kier alpha value is -4.29. The van der Waals surface area contributed by atoms with Crippen LogP contribution in [0.3, 0.4) is 0 Å². The predicted molar refractivity (Wildman–Crippen MR) is 221 cm³/mol. The number of benzene rings is 5. The van der Waals surface area contributed by atoms with Gasteiger partial charge in [-0.15, -0.1) is 0 Å². The second kappa shape index (κ2) is 19.2. The minimum Gasteiger partial charge on any atom is -0.459 e. The molecular weight excluding hydrogens is 792 g/mol. The van der Waals surface area contributed by atoms with Crippen LogP contribution in [-0.2, 0) is 42.3 Å². The van der Waals surface area contributed by atoms with Crippen LogP contribution in [0.2, 0.25) is 0 Å². The van der Waals surface area contributed by atoms with Gasteiger partial charge in [0.25, 0.3) is 0 Å². The van der Waals surface area contributed by atoms with Crippen molar-refractivity contribution >= 4 is 39.6 Å². The molecule has 0 amide bonds. The molecule has 1 heterocycles. The van der Waals surface area contributed by atoms with Gasteiger partial charge < -0.3 is 28.8 Å². The van der Waals surface area contributed by atoms with Crippen molar-refractivity contribution in [1.82, 2.24) is 0 Å². The smallest absolute Gasteiger partial charge is 0.338 e. The lowest BCUT2D eigenvalue weighted by atomic mass is 9.87. The van der Waals surface area contributed by atoms with E-state index in [1.165, 1.54) is 11.8 Å². The number of halogens is 1. The lowest BCUT2D eigenvalue weighted by Crippen LogP contribution is -2.62. The van der Waals surface area contributed by atoms with Crippen LogP contribution in [0.15, 0.2) is 143 Å². The van der Waals surface area contributed by atoms with Gasteiger partial charge in [0, 0.05) is 9.37 Å². The highest BCUT2D eigenvalue weighted by Crippen LogP contribution is 2.40. The summed E-state index contributed by atoms with van der Waals surface area (Å²) in [6.07, 6.45) is -5.52. The third-order valence-electron chi connectivity index (χ3n) is 9.52. The molecule has 10 heteroatoms. The quantitative estimate of drug-likeness (QED) is 0.110. The average Bonchev–Trinajstić information content (AvgIpc) is 3.21. The minimum atomic E-state index is -1.34. The maximum atomic E-state index is 13.8. The molecule has 0 aliphatic carbocycles. The number of aryl methyl sites for hydroxylation is 1. The number of esters is 2. The number of rotatable bonds is 14. The zero-order valence-corrected chi connectivity index (χ0v) is 34.3. The first-order valence-corrected chi connectivity index (χ1v) is 20.2. The Bertz CT molecular complexity index is 2020. The summed E-state index contributed by atoms with van der Waals surface area (Å²) < 4.78 is 33.2. The Kier molecular flexibility index (Phi) is 14.2. The summed E-state index contributed by atoms with van der Waals surface area (Å²) in [5, 5.41) is 12.2. The first-order valence-electron chi connectivity index (χ1n) is 18.6. The molecule has 1 N–H and O–H groups in total. The lowest BCUT2D eigenvalue weighted by Gasteiger charge is -2.46. The monoisotopic (exact) mass is 838 g/mol. The van der Waals surface area contributed by atoms with Crippen LogP contribution in [0.5, 0.6) is 0 Å². The van der Waals surface area contributed by atoms with Gasteiger partial charge in [0.15, 0.2) is 6.10 Å².